The zero-order chi connectivity index (χ0) is 28.6. The van der Waals surface area contributed by atoms with Crippen LogP contribution < -0.4 is 21.4 Å². The van der Waals surface area contributed by atoms with Gasteiger partial charge >= 0.3 is 5.69 Å². The molecule has 8 heteroatoms. The molecule has 7 nitrogen and oxygen atoms in total. The standard InChI is InChI=1S/C33H35N3O4Si/c1-33(2,3)41(24-15-9-5-10-16-24,25-17-11-6-12-18-25)39-22-28-26-21-27(26)31(40-28)36-20-19-29(35-32(36)38)34-30(37)23-13-7-4-8-14-23/h4-20,26-28,31H,21-22H2,1-3H3,(H,34,35,37,38)/t26-,27+,28-,31-/m1/s1. The molecule has 1 aliphatic carbocycles. The van der Waals surface area contributed by atoms with Gasteiger partial charge in [-0.25, -0.2) is 4.79 Å². The molecule has 1 aliphatic heterocycles. The molecule has 4 aromatic rings. The number of carbonyl (C=O) groups excluding carboxylic acids is 1. The van der Waals surface area contributed by atoms with Gasteiger partial charge < -0.3 is 14.5 Å². The number of rotatable bonds is 8. The molecule has 2 fully saturated rings. The lowest BCUT2D eigenvalue weighted by Crippen LogP contribution is -2.67. The predicted octanol–water partition coefficient (Wildman–Crippen LogP) is 4.61. The maximum atomic E-state index is 13.0. The summed E-state index contributed by atoms with van der Waals surface area (Å²) in [4.78, 5) is 29.7. The number of anilines is 1. The largest absolute Gasteiger partial charge is 0.405 e. The van der Waals surface area contributed by atoms with Gasteiger partial charge in [-0.2, -0.15) is 4.98 Å². The van der Waals surface area contributed by atoms with E-state index in [1.54, 1.807) is 41.1 Å². The third kappa shape index (κ3) is 5.19. The van der Waals surface area contributed by atoms with Crippen LogP contribution in [0.25, 0.3) is 0 Å². The second kappa shape index (κ2) is 10.9. The lowest BCUT2D eigenvalue weighted by atomic mass is 10.2. The summed E-state index contributed by atoms with van der Waals surface area (Å²) in [6.07, 6.45) is 2.14. The topological polar surface area (TPSA) is 82.4 Å². The Hall–Kier alpha value is -3.85. The normalized spacial score (nSPS) is 21.7. The van der Waals surface area contributed by atoms with E-state index >= 15 is 0 Å². The molecule has 210 valence electrons. The highest BCUT2D eigenvalue weighted by Crippen LogP contribution is 2.56. The summed E-state index contributed by atoms with van der Waals surface area (Å²) < 4.78 is 15.2. The van der Waals surface area contributed by atoms with Crippen LogP contribution in [0, 0.1) is 11.8 Å². The Morgan fingerprint density at radius 3 is 2.07 bits per heavy atom. The average Bonchev–Trinajstić information content (AvgIpc) is 3.70. The van der Waals surface area contributed by atoms with Crippen molar-refractivity contribution in [2.24, 2.45) is 11.8 Å². The lowest BCUT2D eigenvalue weighted by Gasteiger charge is -2.43. The van der Waals surface area contributed by atoms with E-state index in [1.807, 2.05) is 18.2 Å². The van der Waals surface area contributed by atoms with Gasteiger partial charge in [0.1, 0.15) is 12.0 Å². The number of carbonyl (C=O) groups is 1. The summed E-state index contributed by atoms with van der Waals surface area (Å²) >= 11 is 0. The van der Waals surface area contributed by atoms with Crippen LogP contribution >= 0.6 is 0 Å². The Kier molecular flexibility index (Phi) is 7.23. The molecule has 0 unspecified atom stereocenters. The molecule has 41 heavy (non-hydrogen) atoms. The van der Waals surface area contributed by atoms with Crippen molar-refractivity contribution in [1.82, 2.24) is 9.55 Å². The molecule has 1 N–H and O–H groups in total. The van der Waals surface area contributed by atoms with Crippen LogP contribution in [0.2, 0.25) is 5.04 Å². The highest BCUT2D eigenvalue weighted by atomic mass is 28.4. The van der Waals surface area contributed by atoms with Gasteiger partial charge in [0.15, 0.2) is 0 Å². The summed E-state index contributed by atoms with van der Waals surface area (Å²) in [5.41, 5.74) is 0.0576. The van der Waals surface area contributed by atoms with Gasteiger partial charge in [-0.1, -0.05) is 99.6 Å². The van der Waals surface area contributed by atoms with Crippen molar-refractivity contribution in [1.29, 1.82) is 0 Å². The van der Waals surface area contributed by atoms with E-state index in [1.165, 1.54) is 10.4 Å². The van der Waals surface area contributed by atoms with Crippen LogP contribution in [0.15, 0.2) is 108 Å². The summed E-state index contributed by atoms with van der Waals surface area (Å²) in [5.74, 6) is 0.488. The Labute approximate surface area is 241 Å². The fourth-order valence-electron chi connectivity index (χ4n) is 6.23. The second-order valence-electron chi connectivity index (χ2n) is 11.9. The fraction of sp³-hybridized carbons (Fsp3) is 0.303. The summed E-state index contributed by atoms with van der Waals surface area (Å²) in [5, 5.41) is 5.04. The fourth-order valence-corrected chi connectivity index (χ4v) is 10.8. The number of amides is 1. The van der Waals surface area contributed by atoms with Gasteiger partial charge in [0.2, 0.25) is 0 Å². The zero-order valence-electron chi connectivity index (χ0n) is 23.6. The Morgan fingerprint density at radius 2 is 1.51 bits per heavy atom. The molecule has 2 aliphatic rings. The maximum Gasteiger partial charge on any atom is 0.351 e. The molecule has 3 aromatic carbocycles. The molecule has 4 atom stereocenters. The van der Waals surface area contributed by atoms with E-state index in [9.17, 15) is 9.59 Å². The summed E-state index contributed by atoms with van der Waals surface area (Å²) in [6.45, 7) is 7.25. The summed E-state index contributed by atoms with van der Waals surface area (Å²) in [6, 6.07) is 31.7. The van der Waals surface area contributed by atoms with Crippen LogP contribution in [0.3, 0.4) is 0 Å². The first-order chi connectivity index (χ1) is 19.8. The highest BCUT2D eigenvalue weighted by molar-refractivity contribution is 6.99. The molecule has 1 saturated carbocycles. The number of hydrogen-bond acceptors (Lipinski definition) is 5. The van der Waals surface area contributed by atoms with Crippen molar-refractivity contribution >= 4 is 30.4 Å². The molecule has 0 bridgehead atoms. The van der Waals surface area contributed by atoms with Gasteiger partial charge in [0, 0.05) is 17.7 Å². The van der Waals surface area contributed by atoms with Gasteiger partial charge in [0.05, 0.1) is 12.7 Å². The van der Waals surface area contributed by atoms with Crippen molar-refractivity contribution in [2.45, 2.75) is 44.6 Å². The van der Waals surface area contributed by atoms with Crippen molar-refractivity contribution in [3.8, 4) is 0 Å². The van der Waals surface area contributed by atoms with Crippen LogP contribution in [0.1, 0.15) is 43.8 Å². The van der Waals surface area contributed by atoms with E-state index < -0.39 is 20.2 Å². The van der Waals surface area contributed by atoms with Crippen LogP contribution in [0.4, 0.5) is 5.82 Å². The van der Waals surface area contributed by atoms with Crippen molar-refractivity contribution in [3.63, 3.8) is 0 Å². The highest BCUT2D eigenvalue weighted by Gasteiger charge is 2.58. The van der Waals surface area contributed by atoms with Gasteiger partial charge in [-0.15, -0.1) is 0 Å². The Bertz CT molecular complexity index is 1530. The minimum Gasteiger partial charge on any atom is -0.405 e. The SMILES string of the molecule is CC(C)(C)[Si](OC[C@H]1O[C@@H](n2ccc(NC(=O)c3ccccc3)nc2=O)[C@H]2C[C@H]21)(c1ccccc1)c1ccccc1. The molecule has 1 amide bonds. The second-order valence-corrected chi connectivity index (χ2v) is 16.2. The lowest BCUT2D eigenvalue weighted by molar-refractivity contribution is -0.0488. The number of nitrogens with zero attached hydrogens (tertiary/aromatic N) is 2. The quantitative estimate of drug-likeness (QED) is 0.316. The van der Waals surface area contributed by atoms with E-state index in [0.717, 1.165) is 6.42 Å². The molecular formula is C33H35N3O4Si. The van der Waals surface area contributed by atoms with Crippen molar-refractivity contribution < 1.29 is 14.0 Å². The predicted molar refractivity (Wildman–Crippen MR) is 162 cm³/mol. The number of nitrogens with one attached hydrogen (secondary N) is 1. The third-order valence-corrected chi connectivity index (χ3v) is 13.3. The number of ether oxygens (including phenoxy) is 1. The third-order valence-electron chi connectivity index (χ3n) is 8.31. The minimum absolute atomic E-state index is 0.115. The van der Waals surface area contributed by atoms with Crippen molar-refractivity contribution in [3.05, 3.63) is 119 Å². The van der Waals surface area contributed by atoms with Gasteiger partial charge in [-0.3, -0.25) is 9.36 Å². The minimum atomic E-state index is -2.69. The number of fused-ring (bicyclic) bond motifs is 1. The molecule has 0 radical (unpaired) electrons. The first-order valence-electron chi connectivity index (χ1n) is 14.1. The van der Waals surface area contributed by atoms with Crippen molar-refractivity contribution in [2.75, 3.05) is 11.9 Å². The smallest absolute Gasteiger partial charge is 0.351 e. The average molecular weight is 566 g/mol. The van der Waals surface area contributed by atoms with Gasteiger partial charge in [0.25, 0.3) is 14.2 Å². The van der Waals surface area contributed by atoms with E-state index in [0.29, 0.717) is 18.1 Å². The Balaban J connectivity index is 1.21. The van der Waals surface area contributed by atoms with E-state index in [2.05, 4.69) is 79.6 Å². The van der Waals surface area contributed by atoms with Gasteiger partial charge in [-0.05, 0) is 45.9 Å². The number of aromatic nitrogens is 2. The Morgan fingerprint density at radius 1 is 0.927 bits per heavy atom. The number of benzene rings is 3. The molecule has 1 saturated heterocycles. The molecule has 6 rings (SSSR count). The molecular weight excluding hydrogens is 530 g/mol. The van der Waals surface area contributed by atoms with E-state index in [4.69, 9.17) is 9.16 Å². The first-order valence-corrected chi connectivity index (χ1v) is 16.0. The van der Waals surface area contributed by atoms with Crippen LogP contribution in [0.5, 0.6) is 0 Å². The van der Waals surface area contributed by atoms with E-state index in [-0.39, 0.29) is 28.8 Å². The molecule has 0 spiro atoms. The number of hydrogen-bond donors (Lipinski definition) is 1. The zero-order valence-corrected chi connectivity index (χ0v) is 24.6. The monoisotopic (exact) mass is 565 g/mol. The molecule has 2 heterocycles. The summed E-state index contributed by atoms with van der Waals surface area (Å²) in [7, 11) is -2.69. The van der Waals surface area contributed by atoms with Crippen LogP contribution in [-0.2, 0) is 9.16 Å². The first kappa shape index (κ1) is 27.3. The van der Waals surface area contributed by atoms with Crippen LogP contribution in [-0.4, -0.2) is 36.5 Å². The molecule has 1 aromatic heterocycles. The maximum absolute atomic E-state index is 13.0.